The van der Waals surface area contributed by atoms with E-state index in [2.05, 4.69) is 20.7 Å². The SMILES string of the molecule is [N-]=[N+]=NCCO[C@H]1C[C@H](C(=O)NCCc2ccc([N+](=O)[O-])cc2)[C@@H](C(=O)NCCc2ccc([N+](=O)[O-])cc2)C[C@@H]1O[C@H]1O[C@H](CO)[C@@H](O)[C@H](O)[C@@H]1O. The van der Waals surface area contributed by atoms with Gasteiger partial charge >= 0.3 is 0 Å². The van der Waals surface area contributed by atoms with Crippen LogP contribution in [0.25, 0.3) is 10.4 Å². The fourth-order valence-electron chi connectivity index (χ4n) is 6.16. The molecule has 0 bridgehead atoms. The fourth-order valence-corrected chi connectivity index (χ4v) is 6.16. The summed E-state index contributed by atoms with van der Waals surface area (Å²) < 4.78 is 17.5. The number of nitrogens with one attached hydrogen (secondary N) is 2. The number of aliphatic hydroxyl groups excluding tert-OH is 4. The summed E-state index contributed by atoms with van der Waals surface area (Å²) in [4.78, 5) is 51.1. The molecule has 0 unspecified atom stereocenters. The van der Waals surface area contributed by atoms with Crippen LogP contribution in [0.15, 0.2) is 53.6 Å². The number of ether oxygens (including phenoxy) is 3. The van der Waals surface area contributed by atoms with Crippen molar-refractivity contribution in [3.05, 3.63) is 90.3 Å². The van der Waals surface area contributed by atoms with Crippen LogP contribution in [0, 0.1) is 32.1 Å². The van der Waals surface area contributed by atoms with Crippen molar-refractivity contribution < 1.29 is 54.1 Å². The first-order chi connectivity index (χ1) is 24.9. The highest BCUT2D eigenvalue weighted by atomic mass is 16.7. The molecule has 1 heterocycles. The second-order valence-electron chi connectivity index (χ2n) is 12.3. The molecule has 20 heteroatoms. The maximum Gasteiger partial charge on any atom is 0.269 e. The second-order valence-corrected chi connectivity index (χ2v) is 12.3. The molecule has 2 aliphatic rings. The number of amides is 2. The van der Waals surface area contributed by atoms with Crippen LogP contribution >= 0.6 is 0 Å². The summed E-state index contributed by atoms with van der Waals surface area (Å²) >= 11 is 0. The van der Waals surface area contributed by atoms with Gasteiger partial charge in [0.1, 0.15) is 24.4 Å². The number of nitrogens with zero attached hydrogens (tertiary/aromatic N) is 5. The Morgan fingerprint density at radius 3 is 1.81 bits per heavy atom. The van der Waals surface area contributed by atoms with Gasteiger partial charge in [-0.05, 0) is 42.3 Å². The summed E-state index contributed by atoms with van der Waals surface area (Å²) in [6.07, 6.45) is -9.52. The first-order valence-electron chi connectivity index (χ1n) is 16.5. The number of non-ortho nitro benzene ring substituents is 2. The third-order valence-electron chi connectivity index (χ3n) is 9.01. The van der Waals surface area contributed by atoms with Gasteiger partial charge < -0.3 is 45.3 Å². The topological polar surface area (TPSA) is 302 Å². The number of azide groups is 1. The minimum Gasteiger partial charge on any atom is -0.394 e. The number of hydrogen-bond donors (Lipinski definition) is 6. The lowest BCUT2D eigenvalue weighted by Gasteiger charge is -2.44. The van der Waals surface area contributed by atoms with Crippen LogP contribution < -0.4 is 10.6 Å². The van der Waals surface area contributed by atoms with E-state index in [1.807, 2.05) is 0 Å². The smallest absolute Gasteiger partial charge is 0.269 e. The molecule has 0 spiro atoms. The van der Waals surface area contributed by atoms with Crippen molar-refractivity contribution in [3.8, 4) is 0 Å². The largest absolute Gasteiger partial charge is 0.394 e. The number of aliphatic hydroxyl groups is 4. The molecule has 20 nitrogen and oxygen atoms in total. The predicted octanol–water partition coefficient (Wildman–Crippen LogP) is 0.427. The Morgan fingerprint density at radius 1 is 0.846 bits per heavy atom. The number of nitro benzene ring substituents is 2. The molecule has 1 saturated heterocycles. The first-order valence-corrected chi connectivity index (χ1v) is 16.5. The Balaban J connectivity index is 1.52. The third-order valence-corrected chi connectivity index (χ3v) is 9.01. The van der Waals surface area contributed by atoms with E-state index < -0.39 is 83.0 Å². The van der Waals surface area contributed by atoms with Gasteiger partial charge in [-0.1, -0.05) is 29.4 Å². The van der Waals surface area contributed by atoms with Crippen molar-refractivity contribution in [2.24, 2.45) is 17.0 Å². The van der Waals surface area contributed by atoms with Crippen molar-refractivity contribution in [2.75, 3.05) is 32.8 Å². The van der Waals surface area contributed by atoms with Crippen LogP contribution in [0.4, 0.5) is 11.4 Å². The van der Waals surface area contributed by atoms with Gasteiger partial charge in [0.2, 0.25) is 11.8 Å². The van der Waals surface area contributed by atoms with Crippen LogP contribution in [-0.4, -0.2) is 118 Å². The summed E-state index contributed by atoms with van der Waals surface area (Å²) in [7, 11) is 0. The minimum absolute atomic E-state index is 0.0710. The van der Waals surface area contributed by atoms with Crippen molar-refractivity contribution in [2.45, 2.75) is 68.6 Å². The Morgan fingerprint density at radius 2 is 1.35 bits per heavy atom. The lowest BCUT2D eigenvalue weighted by atomic mass is 9.75. The molecule has 1 aliphatic heterocycles. The van der Waals surface area contributed by atoms with E-state index in [0.717, 1.165) is 5.56 Å². The zero-order chi connectivity index (χ0) is 37.8. The van der Waals surface area contributed by atoms with Crippen LogP contribution in [0.5, 0.6) is 0 Å². The molecule has 282 valence electrons. The highest BCUT2D eigenvalue weighted by Gasteiger charge is 2.49. The van der Waals surface area contributed by atoms with E-state index in [1.165, 1.54) is 24.3 Å². The standard InChI is InChI=1S/C32H41N7O13/c33-37-36-13-14-50-24-15-22(30(44)34-11-9-18-1-5-20(6-2-18)38(46)47)23(31(45)35-12-10-19-3-7-21(8-4-19)39(48)49)16-25(24)51-32-29(43)28(42)27(41)26(17-40)52-32/h1-8,22-29,32,40-43H,9-17H2,(H,34,44)(H,35,45)/t22-,23-,24-,25-,26+,27+,28-,29-,32-/m0/s1. The number of carbonyl (C=O) groups is 2. The molecule has 9 atom stereocenters. The van der Waals surface area contributed by atoms with E-state index in [1.54, 1.807) is 24.3 Å². The average molecular weight is 732 g/mol. The lowest BCUT2D eigenvalue weighted by Crippen LogP contribution is -2.61. The van der Waals surface area contributed by atoms with Gasteiger partial charge in [-0.15, -0.1) is 0 Å². The molecule has 2 amide bonds. The van der Waals surface area contributed by atoms with E-state index in [9.17, 15) is 50.2 Å². The molecule has 1 saturated carbocycles. The highest BCUT2D eigenvalue weighted by Crippen LogP contribution is 2.36. The van der Waals surface area contributed by atoms with Gasteiger partial charge in [0.15, 0.2) is 6.29 Å². The van der Waals surface area contributed by atoms with E-state index in [4.69, 9.17) is 19.7 Å². The van der Waals surface area contributed by atoms with Gasteiger partial charge in [-0.25, -0.2) is 0 Å². The summed E-state index contributed by atoms with van der Waals surface area (Å²) in [5, 5.41) is 71.9. The molecule has 1 aliphatic carbocycles. The van der Waals surface area contributed by atoms with Crippen molar-refractivity contribution in [1.29, 1.82) is 0 Å². The van der Waals surface area contributed by atoms with Crippen LogP contribution in [0.3, 0.4) is 0 Å². The summed E-state index contributed by atoms with van der Waals surface area (Å²) in [5.74, 6) is -3.02. The summed E-state index contributed by atoms with van der Waals surface area (Å²) in [6, 6.07) is 11.7. The van der Waals surface area contributed by atoms with E-state index >= 15 is 0 Å². The van der Waals surface area contributed by atoms with E-state index in [-0.39, 0.29) is 50.5 Å². The normalized spacial score (nSPS) is 27.2. The quantitative estimate of drug-likeness (QED) is 0.0322. The van der Waals surface area contributed by atoms with Crippen LogP contribution in [-0.2, 0) is 36.6 Å². The van der Waals surface area contributed by atoms with Gasteiger partial charge in [0.25, 0.3) is 11.4 Å². The van der Waals surface area contributed by atoms with Crippen molar-refractivity contribution >= 4 is 23.2 Å². The maximum atomic E-state index is 13.8. The van der Waals surface area contributed by atoms with E-state index in [0.29, 0.717) is 18.4 Å². The Labute approximate surface area is 296 Å². The molecule has 52 heavy (non-hydrogen) atoms. The Hall–Kier alpha value is -4.79. The van der Waals surface area contributed by atoms with Crippen LogP contribution in [0.1, 0.15) is 24.0 Å². The van der Waals surface area contributed by atoms with Crippen LogP contribution in [0.2, 0.25) is 0 Å². The third kappa shape index (κ3) is 10.6. The zero-order valence-corrected chi connectivity index (χ0v) is 27.9. The highest BCUT2D eigenvalue weighted by molar-refractivity contribution is 5.88. The van der Waals surface area contributed by atoms with Gasteiger partial charge in [-0.2, -0.15) is 0 Å². The maximum absolute atomic E-state index is 13.8. The molecule has 2 aromatic rings. The van der Waals surface area contributed by atoms with Crippen molar-refractivity contribution in [3.63, 3.8) is 0 Å². The number of rotatable bonds is 17. The first kappa shape index (κ1) is 40.0. The molecule has 4 rings (SSSR count). The molecular weight excluding hydrogens is 690 g/mol. The Bertz CT molecular complexity index is 1570. The summed E-state index contributed by atoms with van der Waals surface area (Å²) in [5.41, 5.74) is 9.98. The molecular formula is C32H41N7O13. The summed E-state index contributed by atoms with van der Waals surface area (Å²) in [6.45, 7) is -0.619. The molecule has 2 fully saturated rings. The second kappa shape index (κ2) is 19.2. The molecule has 0 radical (unpaired) electrons. The average Bonchev–Trinajstić information content (AvgIpc) is 3.14. The number of benzene rings is 2. The van der Waals surface area contributed by atoms with Gasteiger partial charge in [0, 0.05) is 48.8 Å². The van der Waals surface area contributed by atoms with Crippen molar-refractivity contribution in [1.82, 2.24) is 10.6 Å². The number of nitro groups is 2. The predicted molar refractivity (Wildman–Crippen MR) is 178 cm³/mol. The number of carbonyl (C=O) groups excluding carboxylic acids is 2. The zero-order valence-electron chi connectivity index (χ0n) is 27.9. The fraction of sp³-hybridized carbons (Fsp3) is 0.562. The van der Waals surface area contributed by atoms with Gasteiger partial charge in [-0.3, -0.25) is 29.8 Å². The molecule has 6 N–H and O–H groups in total. The molecule has 2 aromatic carbocycles. The Kier molecular flexibility index (Phi) is 14.7. The molecule has 0 aromatic heterocycles. The van der Waals surface area contributed by atoms with Gasteiger partial charge in [0.05, 0.1) is 47.1 Å². The number of hydrogen-bond acceptors (Lipinski definition) is 14. The minimum atomic E-state index is -1.75. The monoisotopic (exact) mass is 731 g/mol. The lowest BCUT2D eigenvalue weighted by molar-refractivity contribution is -0.385.